The van der Waals surface area contributed by atoms with Crippen LogP contribution in [0.3, 0.4) is 0 Å². The topological polar surface area (TPSA) is 51.8 Å². The number of hydrogen-bond donors (Lipinski definition) is 0. The summed E-state index contributed by atoms with van der Waals surface area (Å²) in [6.07, 6.45) is 0. The van der Waals surface area contributed by atoms with E-state index in [1.807, 2.05) is 23.5 Å². The van der Waals surface area contributed by atoms with Crippen molar-refractivity contribution in [2.75, 3.05) is 0 Å². The van der Waals surface area contributed by atoms with Crippen molar-refractivity contribution in [2.45, 2.75) is 0 Å². The zero-order valence-corrected chi connectivity index (χ0v) is 37.3. The predicted molar refractivity (Wildman–Crippen MR) is 285 cm³/mol. The molecule has 3 heterocycles. The molecule has 0 atom stereocenters. The summed E-state index contributed by atoms with van der Waals surface area (Å²) in [5, 5.41) is 11.7. The van der Waals surface area contributed by atoms with Crippen molar-refractivity contribution in [3.63, 3.8) is 0 Å². The van der Waals surface area contributed by atoms with Gasteiger partial charge in [-0.3, -0.25) is 0 Å². The molecule has 316 valence electrons. The average Bonchev–Trinajstić information content (AvgIpc) is 3.99. The van der Waals surface area contributed by atoms with Crippen molar-refractivity contribution in [1.82, 2.24) is 15.0 Å². The van der Waals surface area contributed by atoms with Gasteiger partial charge in [0.05, 0.1) is 0 Å². The van der Waals surface area contributed by atoms with E-state index in [0.29, 0.717) is 17.5 Å². The van der Waals surface area contributed by atoms with E-state index in [9.17, 15) is 0 Å². The van der Waals surface area contributed by atoms with Crippen molar-refractivity contribution < 1.29 is 4.42 Å². The Bertz CT molecular complexity index is 4320. The van der Waals surface area contributed by atoms with Gasteiger partial charge in [0.2, 0.25) is 0 Å². The number of hydrogen-bond acceptors (Lipinski definition) is 5. The molecule has 0 saturated heterocycles. The van der Waals surface area contributed by atoms with Gasteiger partial charge in [-0.05, 0) is 96.0 Å². The first-order chi connectivity index (χ1) is 33.7. The summed E-state index contributed by atoms with van der Waals surface area (Å²) in [6.45, 7) is 0. The van der Waals surface area contributed by atoms with Crippen molar-refractivity contribution in [3.05, 3.63) is 224 Å². The van der Waals surface area contributed by atoms with E-state index in [-0.39, 0.29) is 0 Å². The van der Waals surface area contributed by atoms with E-state index in [1.54, 1.807) is 0 Å². The zero-order valence-electron chi connectivity index (χ0n) is 36.5. The molecular weight excluding hydrogens is 847 g/mol. The minimum Gasteiger partial charge on any atom is -0.456 e. The molecule has 0 aliphatic heterocycles. The van der Waals surface area contributed by atoms with Gasteiger partial charge in [-0.15, -0.1) is 11.3 Å². The molecule has 0 amide bonds. The lowest BCUT2D eigenvalue weighted by Crippen LogP contribution is -2.01. The van der Waals surface area contributed by atoms with E-state index >= 15 is 0 Å². The van der Waals surface area contributed by atoms with Crippen LogP contribution < -0.4 is 0 Å². The quantitative estimate of drug-likeness (QED) is 0.167. The Kier molecular flexibility index (Phi) is 8.73. The number of aromatic nitrogens is 3. The lowest BCUT2D eigenvalue weighted by Gasteiger charge is -2.11. The second-order valence-electron chi connectivity index (χ2n) is 17.5. The molecule has 0 fully saturated rings. The van der Waals surface area contributed by atoms with Crippen molar-refractivity contribution in [2.24, 2.45) is 0 Å². The van der Waals surface area contributed by atoms with Crippen LogP contribution >= 0.6 is 11.3 Å². The average molecular weight is 884 g/mol. The fourth-order valence-corrected chi connectivity index (χ4v) is 11.5. The molecule has 11 aromatic carbocycles. The van der Waals surface area contributed by atoms with Gasteiger partial charge >= 0.3 is 0 Å². The van der Waals surface area contributed by atoms with Crippen LogP contribution in [0.2, 0.25) is 0 Å². The van der Waals surface area contributed by atoms with Crippen LogP contribution in [-0.4, -0.2) is 15.0 Å². The molecule has 3 aromatic heterocycles. The van der Waals surface area contributed by atoms with Gasteiger partial charge in [-0.25, -0.2) is 15.0 Å². The Morgan fingerprint density at radius 2 is 0.809 bits per heavy atom. The van der Waals surface area contributed by atoms with Crippen molar-refractivity contribution in [3.8, 4) is 67.5 Å². The predicted octanol–water partition coefficient (Wildman–Crippen LogP) is 17.6. The van der Waals surface area contributed by atoms with E-state index in [2.05, 4.69) is 212 Å². The fraction of sp³-hybridized carbons (Fsp3) is 0. The number of rotatable bonds is 6. The Hall–Kier alpha value is -8.77. The molecule has 0 aliphatic rings. The normalized spacial score (nSPS) is 11.8. The van der Waals surface area contributed by atoms with E-state index in [1.165, 1.54) is 58.4 Å². The second kappa shape index (κ2) is 15.4. The van der Waals surface area contributed by atoms with Crippen LogP contribution in [-0.2, 0) is 0 Å². The van der Waals surface area contributed by atoms with Gasteiger partial charge in [0.1, 0.15) is 11.2 Å². The van der Waals surface area contributed by atoms with Gasteiger partial charge in [-0.1, -0.05) is 194 Å². The first-order valence-electron chi connectivity index (χ1n) is 22.9. The highest BCUT2D eigenvalue weighted by atomic mass is 32.1. The lowest BCUT2D eigenvalue weighted by atomic mass is 9.97. The zero-order chi connectivity index (χ0) is 44.7. The first-order valence-corrected chi connectivity index (χ1v) is 23.7. The van der Waals surface area contributed by atoms with Crippen LogP contribution in [0.5, 0.6) is 0 Å². The molecule has 0 aliphatic carbocycles. The summed E-state index contributed by atoms with van der Waals surface area (Å²) in [6, 6.07) is 79.8. The summed E-state index contributed by atoms with van der Waals surface area (Å²) in [4.78, 5) is 15.8. The molecule has 0 radical (unpaired) electrons. The molecule has 0 unspecified atom stereocenters. The van der Waals surface area contributed by atoms with E-state index in [4.69, 9.17) is 19.4 Å². The molecule has 4 nitrogen and oxygen atoms in total. The van der Waals surface area contributed by atoms with Crippen LogP contribution in [0, 0.1) is 0 Å². The first kappa shape index (κ1) is 38.5. The SMILES string of the molecule is c1ccc(-c2ccc3cc(-c4ccc5c(c4)oc4cccc(-c6nc(-c7ccc(-c8cccc9c8sc8c%10ccccc%10ccc98)cc7)nc(-c7cccc8ccccc78)n6)c45)ccc3c2)cc1. The van der Waals surface area contributed by atoms with E-state index < -0.39 is 0 Å². The molecule has 0 N–H and O–H groups in total. The Morgan fingerprint density at radius 1 is 0.279 bits per heavy atom. The number of benzene rings is 11. The van der Waals surface area contributed by atoms with Crippen LogP contribution in [0.25, 0.3) is 142 Å². The third kappa shape index (κ3) is 6.32. The van der Waals surface area contributed by atoms with Gasteiger partial charge in [-0.2, -0.15) is 0 Å². The Labute approximate surface area is 395 Å². The molecular formula is C63H37N3OS. The molecule has 14 rings (SSSR count). The minimum atomic E-state index is 0.589. The van der Waals surface area contributed by atoms with E-state index in [0.717, 1.165) is 66.1 Å². The van der Waals surface area contributed by atoms with Crippen molar-refractivity contribution >= 4 is 85.8 Å². The number of fused-ring (bicyclic) bond motifs is 10. The minimum absolute atomic E-state index is 0.589. The molecule has 0 bridgehead atoms. The molecule has 5 heteroatoms. The molecule has 68 heavy (non-hydrogen) atoms. The highest BCUT2D eigenvalue weighted by molar-refractivity contribution is 7.27. The van der Waals surface area contributed by atoms with Crippen molar-refractivity contribution in [1.29, 1.82) is 0 Å². The van der Waals surface area contributed by atoms with Gasteiger partial charge < -0.3 is 4.42 Å². The van der Waals surface area contributed by atoms with Crippen LogP contribution in [0.15, 0.2) is 229 Å². The summed E-state index contributed by atoms with van der Waals surface area (Å²) >= 11 is 1.87. The van der Waals surface area contributed by atoms with Crippen LogP contribution in [0.1, 0.15) is 0 Å². The highest BCUT2D eigenvalue weighted by Gasteiger charge is 2.20. The fourth-order valence-electron chi connectivity index (χ4n) is 10.1. The highest BCUT2D eigenvalue weighted by Crippen LogP contribution is 2.44. The Morgan fingerprint density at radius 3 is 1.63 bits per heavy atom. The smallest absolute Gasteiger partial charge is 0.164 e. The third-order valence-corrected chi connectivity index (χ3v) is 14.8. The second-order valence-corrected chi connectivity index (χ2v) is 18.5. The largest absolute Gasteiger partial charge is 0.456 e. The summed E-state index contributed by atoms with van der Waals surface area (Å²) in [5.41, 5.74) is 11.4. The number of thiophene rings is 1. The van der Waals surface area contributed by atoms with Gasteiger partial charge in [0, 0.05) is 47.6 Å². The maximum absolute atomic E-state index is 6.67. The monoisotopic (exact) mass is 883 g/mol. The van der Waals surface area contributed by atoms with Gasteiger partial charge in [0.15, 0.2) is 17.5 Å². The Balaban J connectivity index is 0.878. The lowest BCUT2D eigenvalue weighted by molar-refractivity contribution is 0.669. The molecule has 14 aromatic rings. The van der Waals surface area contributed by atoms with Gasteiger partial charge in [0.25, 0.3) is 0 Å². The summed E-state index contributed by atoms with van der Waals surface area (Å²) < 4.78 is 9.28. The third-order valence-electron chi connectivity index (χ3n) is 13.5. The molecule has 0 spiro atoms. The summed E-state index contributed by atoms with van der Waals surface area (Å²) in [7, 11) is 0. The maximum Gasteiger partial charge on any atom is 0.164 e. The number of furan rings is 1. The number of nitrogens with zero attached hydrogens (tertiary/aromatic N) is 3. The summed E-state index contributed by atoms with van der Waals surface area (Å²) in [5.74, 6) is 1.81. The van der Waals surface area contributed by atoms with Crippen LogP contribution in [0.4, 0.5) is 0 Å². The maximum atomic E-state index is 6.67. The standard InChI is InChI=1S/C63H37N3OS/c1-2-11-38(12-3-1)43-27-28-45-36-46(30-29-44(45)35-43)47-32-34-54-57(37-47)67-56-22-10-21-55(58(54)56)63-65-61(64-62(66-63)53-20-8-15-39-13-4-6-16-48(39)53)42-25-23-41(24-26-42)50-18-9-19-51-52-33-31-40-14-5-7-17-49(40)60(52)68-59(50)51/h1-37H. The molecule has 0 saturated carbocycles.